The third-order valence-corrected chi connectivity index (χ3v) is 4.89. The van der Waals surface area contributed by atoms with E-state index in [1.54, 1.807) is 24.3 Å². The van der Waals surface area contributed by atoms with Crippen LogP contribution in [0.15, 0.2) is 135 Å². The van der Waals surface area contributed by atoms with Crippen molar-refractivity contribution in [1.29, 1.82) is 0 Å². The molecule has 0 bridgehead atoms. The van der Waals surface area contributed by atoms with Crippen molar-refractivity contribution in [1.82, 2.24) is 0 Å². The van der Waals surface area contributed by atoms with Gasteiger partial charge in [-0.25, -0.2) is 0 Å². The highest BCUT2D eigenvalue weighted by molar-refractivity contribution is 5.52. The van der Waals surface area contributed by atoms with Gasteiger partial charge >= 0.3 is 0 Å². The smallest absolute Gasteiger partial charge is 0.143 e. The fourth-order valence-electron chi connectivity index (χ4n) is 3.49. The SMILES string of the molecule is C=C/C=C(\C=C)C(OCCCOCc1ccccc1)(/C(C=C)=C/C=C)c1ccccc1. The van der Waals surface area contributed by atoms with Crippen LogP contribution in [0, 0.1) is 0 Å². The predicted molar refractivity (Wildman–Crippen MR) is 132 cm³/mol. The van der Waals surface area contributed by atoms with Crippen LogP contribution in [0.1, 0.15) is 17.5 Å². The van der Waals surface area contributed by atoms with Gasteiger partial charge in [-0.15, -0.1) is 0 Å². The highest BCUT2D eigenvalue weighted by Crippen LogP contribution is 2.42. The monoisotopic (exact) mass is 412 g/mol. The van der Waals surface area contributed by atoms with Gasteiger partial charge < -0.3 is 9.47 Å². The van der Waals surface area contributed by atoms with Gasteiger partial charge in [0.15, 0.2) is 0 Å². The molecule has 0 heterocycles. The Kier molecular flexibility index (Phi) is 10.2. The van der Waals surface area contributed by atoms with Gasteiger partial charge in [0.2, 0.25) is 0 Å². The summed E-state index contributed by atoms with van der Waals surface area (Å²) in [6.07, 6.45) is 11.7. The summed E-state index contributed by atoms with van der Waals surface area (Å²) in [5, 5.41) is 0. The lowest BCUT2D eigenvalue weighted by atomic mass is 9.78. The molecule has 0 radical (unpaired) electrons. The zero-order valence-corrected chi connectivity index (χ0v) is 18.2. The second kappa shape index (κ2) is 13.2. The van der Waals surface area contributed by atoms with Crippen LogP contribution in [0.25, 0.3) is 0 Å². The molecule has 0 aliphatic carbocycles. The fourth-order valence-corrected chi connectivity index (χ4v) is 3.49. The van der Waals surface area contributed by atoms with E-state index in [2.05, 4.69) is 38.4 Å². The summed E-state index contributed by atoms with van der Waals surface area (Å²) in [4.78, 5) is 0. The third-order valence-electron chi connectivity index (χ3n) is 4.89. The predicted octanol–water partition coefficient (Wildman–Crippen LogP) is 7.10. The minimum absolute atomic E-state index is 0.494. The van der Waals surface area contributed by atoms with Gasteiger partial charge in [-0.1, -0.05) is 123 Å². The zero-order valence-electron chi connectivity index (χ0n) is 18.2. The molecular weight excluding hydrogens is 380 g/mol. The van der Waals surface area contributed by atoms with Gasteiger partial charge in [0.1, 0.15) is 5.60 Å². The molecule has 2 aromatic carbocycles. The lowest BCUT2D eigenvalue weighted by Gasteiger charge is -2.37. The maximum Gasteiger partial charge on any atom is 0.143 e. The maximum atomic E-state index is 6.62. The normalized spacial score (nSPS) is 13.8. The van der Waals surface area contributed by atoms with Crippen molar-refractivity contribution in [3.8, 4) is 0 Å². The molecule has 0 unspecified atom stereocenters. The Morgan fingerprint density at radius 3 is 1.81 bits per heavy atom. The highest BCUT2D eigenvalue weighted by atomic mass is 16.5. The molecule has 2 rings (SSSR count). The molecular formula is C29H32O2. The summed E-state index contributed by atoms with van der Waals surface area (Å²) in [5.74, 6) is 0. The van der Waals surface area contributed by atoms with Crippen molar-refractivity contribution < 1.29 is 9.47 Å². The standard InChI is InChI=1S/C29H32O2/c1-5-16-26(7-3)29(27(8-4)17-6-2,28-20-13-10-14-21-28)31-23-15-22-30-24-25-18-11-9-12-19-25/h5-14,16-21H,1-4,15,22-24H2/b26-16+,27-17+. The summed E-state index contributed by atoms with van der Waals surface area (Å²) in [6, 6.07) is 20.2. The highest BCUT2D eigenvalue weighted by Gasteiger charge is 2.38. The number of allylic oxidation sites excluding steroid dienone is 4. The van der Waals surface area contributed by atoms with Crippen LogP contribution in [0.5, 0.6) is 0 Å². The quantitative estimate of drug-likeness (QED) is 0.243. The summed E-state index contributed by atoms with van der Waals surface area (Å²) < 4.78 is 12.5. The van der Waals surface area contributed by atoms with Crippen LogP contribution >= 0.6 is 0 Å². The first-order valence-electron chi connectivity index (χ1n) is 10.4. The van der Waals surface area contributed by atoms with E-state index in [0.717, 1.165) is 28.7 Å². The molecule has 160 valence electrons. The molecule has 0 aromatic heterocycles. The van der Waals surface area contributed by atoms with Gasteiger partial charge in [0.25, 0.3) is 0 Å². The molecule has 0 aliphatic heterocycles. The Bertz CT molecular complexity index is 874. The van der Waals surface area contributed by atoms with E-state index in [0.29, 0.717) is 19.8 Å². The molecule has 0 atom stereocenters. The lowest BCUT2D eigenvalue weighted by Crippen LogP contribution is -2.34. The number of benzene rings is 2. The summed E-state index contributed by atoms with van der Waals surface area (Å²) in [5.41, 5.74) is 3.04. The van der Waals surface area contributed by atoms with E-state index >= 15 is 0 Å². The average molecular weight is 413 g/mol. The number of rotatable bonds is 14. The first-order chi connectivity index (χ1) is 15.2. The Hall–Kier alpha value is -3.20. The first-order valence-corrected chi connectivity index (χ1v) is 10.4. The minimum Gasteiger partial charge on any atom is -0.377 e. The lowest BCUT2D eigenvalue weighted by molar-refractivity contribution is -0.00285. The van der Waals surface area contributed by atoms with Crippen molar-refractivity contribution in [3.63, 3.8) is 0 Å². The fraction of sp³-hybridized carbons (Fsp3) is 0.172. The molecule has 0 amide bonds. The Balaban J connectivity index is 2.25. The number of hydrogen-bond acceptors (Lipinski definition) is 2. The molecule has 0 saturated heterocycles. The summed E-state index contributed by atoms with van der Waals surface area (Å²) in [7, 11) is 0. The van der Waals surface area contributed by atoms with Gasteiger partial charge in [-0.05, 0) is 28.7 Å². The molecule has 0 N–H and O–H groups in total. The molecule has 2 aromatic rings. The zero-order chi connectivity index (χ0) is 22.4. The first kappa shape index (κ1) is 24.1. The van der Waals surface area contributed by atoms with Crippen LogP contribution in [0.2, 0.25) is 0 Å². The van der Waals surface area contributed by atoms with E-state index < -0.39 is 5.60 Å². The molecule has 2 nitrogen and oxygen atoms in total. The van der Waals surface area contributed by atoms with Crippen LogP contribution in [-0.2, 0) is 21.7 Å². The average Bonchev–Trinajstić information content (AvgIpc) is 2.82. The van der Waals surface area contributed by atoms with Crippen molar-refractivity contribution in [2.75, 3.05) is 13.2 Å². The van der Waals surface area contributed by atoms with Crippen LogP contribution in [-0.4, -0.2) is 13.2 Å². The van der Waals surface area contributed by atoms with Gasteiger partial charge in [0, 0.05) is 6.61 Å². The van der Waals surface area contributed by atoms with Crippen LogP contribution in [0.4, 0.5) is 0 Å². The molecule has 0 spiro atoms. The van der Waals surface area contributed by atoms with E-state index in [1.165, 1.54) is 0 Å². The van der Waals surface area contributed by atoms with E-state index in [4.69, 9.17) is 9.47 Å². The van der Waals surface area contributed by atoms with Crippen molar-refractivity contribution in [2.24, 2.45) is 0 Å². The summed E-state index contributed by atoms with van der Waals surface area (Å²) in [6.45, 7) is 17.5. The molecule has 31 heavy (non-hydrogen) atoms. The van der Waals surface area contributed by atoms with Crippen LogP contribution in [0.3, 0.4) is 0 Å². The van der Waals surface area contributed by atoms with Crippen molar-refractivity contribution >= 4 is 0 Å². The summed E-state index contributed by atoms with van der Waals surface area (Å²) >= 11 is 0. The molecule has 0 aliphatic rings. The Labute approximate surface area is 187 Å². The van der Waals surface area contributed by atoms with Gasteiger partial charge in [-0.2, -0.15) is 0 Å². The third kappa shape index (κ3) is 6.39. The second-order valence-corrected chi connectivity index (χ2v) is 6.91. The van der Waals surface area contributed by atoms with E-state index in [1.807, 2.05) is 60.7 Å². The Morgan fingerprint density at radius 1 is 0.742 bits per heavy atom. The molecule has 0 saturated carbocycles. The minimum atomic E-state index is -0.868. The van der Waals surface area contributed by atoms with Crippen molar-refractivity contribution in [2.45, 2.75) is 18.6 Å². The maximum absolute atomic E-state index is 6.62. The van der Waals surface area contributed by atoms with E-state index in [9.17, 15) is 0 Å². The van der Waals surface area contributed by atoms with Crippen molar-refractivity contribution in [3.05, 3.63) is 146 Å². The van der Waals surface area contributed by atoms with E-state index in [-0.39, 0.29) is 0 Å². The van der Waals surface area contributed by atoms with Crippen LogP contribution < -0.4 is 0 Å². The largest absolute Gasteiger partial charge is 0.377 e. The number of hydrogen-bond donors (Lipinski definition) is 0. The van der Waals surface area contributed by atoms with Gasteiger partial charge in [0.05, 0.1) is 13.2 Å². The second-order valence-electron chi connectivity index (χ2n) is 6.91. The topological polar surface area (TPSA) is 18.5 Å². The molecule has 0 fully saturated rings. The Morgan fingerprint density at radius 2 is 1.29 bits per heavy atom. The molecule has 2 heteroatoms. The van der Waals surface area contributed by atoms with Gasteiger partial charge in [-0.3, -0.25) is 0 Å². The number of ether oxygens (including phenoxy) is 2.